The van der Waals surface area contributed by atoms with Gasteiger partial charge in [-0.15, -0.1) is 0 Å². The van der Waals surface area contributed by atoms with E-state index in [1.165, 1.54) is 12.8 Å². The van der Waals surface area contributed by atoms with Gasteiger partial charge in [0.1, 0.15) is 0 Å². The van der Waals surface area contributed by atoms with Crippen LogP contribution in [0.4, 0.5) is 0 Å². The molecule has 0 spiro atoms. The minimum atomic E-state index is 0.119. The van der Waals surface area contributed by atoms with Gasteiger partial charge in [-0.2, -0.15) is 0 Å². The van der Waals surface area contributed by atoms with Crippen LogP contribution in [0, 0.1) is 13.8 Å². The first-order valence-corrected chi connectivity index (χ1v) is 7.35. The molecule has 1 aromatic heterocycles. The lowest BCUT2D eigenvalue weighted by atomic mass is 10.1. The van der Waals surface area contributed by atoms with Gasteiger partial charge in [0.05, 0.1) is 6.42 Å². The average molecular weight is 275 g/mol. The summed E-state index contributed by atoms with van der Waals surface area (Å²) in [5, 5.41) is 3.20. The van der Waals surface area contributed by atoms with Crippen LogP contribution in [-0.2, 0) is 11.2 Å². The number of rotatable bonds is 4. The zero-order valence-corrected chi connectivity index (χ0v) is 12.9. The molecular weight excluding hydrogens is 250 g/mol. The third-order valence-electron chi connectivity index (χ3n) is 4.00. The van der Waals surface area contributed by atoms with Crippen molar-refractivity contribution in [3.05, 3.63) is 29.1 Å². The number of carbonyl (C=O) groups is 1. The summed E-state index contributed by atoms with van der Waals surface area (Å²) in [5.41, 5.74) is 2.99. The molecule has 2 atom stereocenters. The van der Waals surface area contributed by atoms with Crippen LogP contribution in [0.25, 0.3) is 0 Å². The molecule has 1 aliphatic carbocycles. The molecule has 0 unspecified atom stereocenters. The van der Waals surface area contributed by atoms with E-state index in [0.29, 0.717) is 18.5 Å². The minimum absolute atomic E-state index is 0.119. The van der Waals surface area contributed by atoms with Crippen LogP contribution in [0.1, 0.15) is 36.2 Å². The number of aromatic nitrogens is 1. The average Bonchev–Trinajstić information content (AvgIpc) is 2.75. The highest BCUT2D eigenvalue weighted by molar-refractivity contribution is 5.79. The van der Waals surface area contributed by atoms with E-state index >= 15 is 0 Å². The molecule has 1 amide bonds. The van der Waals surface area contributed by atoms with Crippen LogP contribution in [0.5, 0.6) is 0 Å². The molecule has 0 aromatic carbocycles. The Labute approximate surface area is 121 Å². The molecule has 110 valence electrons. The second-order valence-corrected chi connectivity index (χ2v) is 6.07. The summed E-state index contributed by atoms with van der Waals surface area (Å²) in [4.78, 5) is 18.8. The second kappa shape index (κ2) is 6.35. The maximum absolute atomic E-state index is 12.2. The van der Waals surface area contributed by atoms with Gasteiger partial charge in [0.15, 0.2) is 0 Å². The highest BCUT2D eigenvalue weighted by atomic mass is 16.1. The Balaban J connectivity index is 1.95. The lowest BCUT2D eigenvalue weighted by Crippen LogP contribution is -2.46. The number of hydrogen-bond donors (Lipinski definition) is 1. The Morgan fingerprint density at radius 2 is 1.95 bits per heavy atom. The number of amides is 1. The molecule has 0 saturated heterocycles. The number of aryl methyl sites for hydroxylation is 2. The summed E-state index contributed by atoms with van der Waals surface area (Å²) in [5.74, 6) is 0.119. The van der Waals surface area contributed by atoms with Crippen molar-refractivity contribution in [3.8, 4) is 0 Å². The first-order valence-electron chi connectivity index (χ1n) is 7.35. The van der Waals surface area contributed by atoms with Gasteiger partial charge in [-0.05, 0) is 64.9 Å². The summed E-state index contributed by atoms with van der Waals surface area (Å²) >= 11 is 0. The molecule has 0 radical (unpaired) electrons. The second-order valence-electron chi connectivity index (χ2n) is 6.07. The first-order chi connectivity index (χ1) is 9.45. The van der Waals surface area contributed by atoms with Crippen molar-refractivity contribution in [2.75, 3.05) is 14.1 Å². The predicted octanol–water partition coefficient (Wildman–Crippen LogP) is 1.84. The van der Waals surface area contributed by atoms with Crippen LogP contribution < -0.4 is 5.32 Å². The molecule has 1 fully saturated rings. The van der Waals surface area contributed by atoms with Crippen molar-refractivity contribution >= 4 is 5.91 Å². The fourth-order valence-corrected chi connectivity index (χ4v) is 3.19. The lowest BCUT2D eigenvalue weighted by Gasteiger charge is -2.27. The van der Waals surface area contributed by atoms with E-state index in [0.717, 1.165) is 23.4 Å². The molecule has 1 N–H and O–H groups in total. The SMILES string of the molecule is Cc1cc(CC(=O)N[C@@H]2CCC[C@H]2N(C)C)cc(C)n1. The normalized spacial score (nSPS) is 22.2. The summed E-state index contributed by atoms with van der Waals surface area (Å²) in [6, 6.07) is 4.75. The Bertz CT molecular complexity index is 464. The molecule has 2 rings (SSSR count). The molecule has 1 aliphatic rings. The summed E-state index contributed by atoms with van der Waals surface area (Å²) < 4.78 is 0. The molecule has 0 aliphatic heterocycles. The predicted molar refractivity (Wildman–Crippen MR) is 80.7 cm³/mol. The van der Waals surface area contributed by atoms with E-state index in [9.17, 15) is 4.79 Å². The third-order valence-corrected chi connectivity index (χ3v) is 4.00. The van der Waals surface area contributed by atoms with Crippen LogP contribution in [0.15, 0.2) is 12.1 Å². The van der Waals surface area contributed by atoms with Crippen molar-refractivity contribution in [3.63, 3.8) is 0 Å². The van der Waals surface area contributed by atoms with E-state index in [4.69, 9.17) is 0 Å². The fourth-order valence-electron chi connectivity index (χ4n) is 3.19. The smallest absolute Gasteiger partial charge is 0.224 e. The van der Waals surface area contributed by atoms with Crippen LogP contribution >= 0.6 is 0 Å². The van der Waals surface area contributed by atoms with E-state index in [2.05, 4.69) is 29.3 Å². The van der Waals surface area contributed by atoms with Crippen LogP contribution in [-0.4, -0.2) is 42.0 Å². The largest absolute Gasteiger partial charge is 0.352 e. The summed E-state index contributed by atoms with van der Waals surface area (Å²) in [7, 11) is 4.18. The van der Waals surface area contributed by atoms with E-state index in [1.807, 2.05) is 26.0 Å². The highest BCUT2D eigenvalue weighted by Gasteiger charge is 2.29. The van der Waals surface area contributed by atoms with E-state index in [-0.39, 0.29) is 5.91 Å². The molecule has 1 aromatic rings. The zero-order chi connectivity index (χ0) is 14.7. The summed E-state index contributed by atoms with van der Waals surface area (Å²) in [6.45, 7) is 3.93. The van der Waals surface area contributed by atoms with Gasteiger partial charge in [-0.25, -0.2) is 0 Å². The van der Waals surface area contributed by atoms with Gasteiger partial charge in [0.2, 0.25) is 5.91 Å². The molecule has 1 saturated carbocycles. The quantitative estimate of drug-likeness (QED) is 0.912. The Kier molecular flexibility index (Phi) is 4.76. The summed E-state index contributed by atoms with van der Waals surface area (Å²) in [6.07, 6.45) is 3.90. The highest BCUT2D eigenvalue weighted by Crippen LogP contribution is 2.22. The van der Waals surface area contributed by atoms with Gasteiger partial charge in [0, 0.05) is 23.5 Å². The van der Waals surface area contributed by atoms with Gasteiger partial charge in [0.25, 0.3) is 0 Å². The van der Waals surface area contributed by atoms with Crippen molar-refractivity contribution in [1.82, 2.24) is 15.2 Å². The topological polar surface area (TPSA) is 45.2 Å². The van der Waals surface area contributed by atoms with Crippen molar-refractivity contribution in [2.45, 2.75) is 51.6 Å². The van der Waals surface area contributed by atoms with E-state index in [1.54, 1.807) is 0 Å². The first kappa shape index (κ1) is 15.0. The van der Waals surface area contributed by atoms with Crippen molar-refractivity contribution in [2.24, 2.45) is 0 Å². The number of pyridine rings is 1. The minimum Gasteiger partial charge on any atom is -0.352 e. The molecule has 1 heterocycles. The molecular formula is C16H25N3O. The fraction of sp³-hybridized carbons (Fsp3) is 0.625. The lowest BCUT2D eigenvalue weighted by molar-refractivity contribution is -0.121. The van der Waals surface area contributed by atoms with Crippen molar-refractivity contribution in [1.29, 1.82) is 0 Å². The Morgan fingerprint density at radius 1 is 1.30 bits per heavy atom. The van der Waals surface area contributed by atoms with Crippen molar-refractivity contribution < 1.29 is 4.79 Å². The Morgan fingerprint density at radius 3 is 2.55 bits per heavy atom. The van der Waals surface area contributed by atoms with Gasteiger partial charge >= 0.3 is 0 Å². The third kappa shape index (κ3) is 3.79. The van der Waals surface area contributed by atoms with Crippen LogP contribution in [0.3, 0.4) is 0 Å². The van der Waals surface area contributed by atoms with Gasteiger partial charge < -0.3 is 10.2 Å². The molecule has 4 nitrogen and oxygen atoms in total. The number of hydrogen-bond acceptors (Lipinski definition) is 3. The van der Waals surface area contributed by atoms with Gasteiger partial charge in [-0.1, -0.05) is 0 Å². The maximum Gasteiger partial charge on any atom is 0.224 e. The zero-order valence-electron chi connectivity index (χ0n) is 12.9. The molecule has 4 heteroatoms. The number of nitrogens with one attached hydrogen (secondary N) is 1. The molecule has 0 bridgehead atoms. The standard InChI is InChI=1S/C16H25N3O/c1-11-8-13(9-12(2)17-11)10-16(20)18-14-6-5-7-15(14)19(3)4/h8-9,14-15H,5-7,10H2,1-4H3,(H,18,20)/t14-,15-/m1/s1. The number of likely N-dealkylation sites (N-methyl/N-ethyl adjacent to an activating group) is 1. The number of nitrogens with zero attached hydrogens (tertiary/aromatic N) is 2. The van der Waals surface area contributed by atoms with Gasteiger partial charge in [-0.3, -0.25) is 9.78 Å². The van der Waals surface area contributed by atoms with E-state index < -0.39 is 0 Å². The van der Waals surface area contributed by atoms with Crippen LogP contribution in [0.2, 0.25) is 0 Å². The maximum atomic E-state index is 12.2. The molecule has 20 heavy (non-hydrogen) atoms. The monoisotopic (exact) mass is 275 g/mol. The Hall–Kier alpha value is -1.42. The number of carbonyl (C=O) groups excluding carboxylic acids is 1.